The maximum atomic E-state index is 11.9. The van der Waals surface area contributed by atoms with Gasteiger partial charge in [0.15, 0.2) is 5.13 Å². The number of benzene rings is 1. The molecule has 0 bridgehead atoms. The molecule has 22 heavy (non-hydrogen) atoms. The molecular weight excluding hydrogens is 302 g/mol. The SMILES string of the molecule is COc1ccc(CN(C)CC(=O)Nc2nccs2)c(OC)c1. The molecular formula is C15H19N3O3S. The Bertz CT molecular complexity index is 617. The van der Waals surface area contributed by atoms with Crippen LogP contribution in [-0.4, -0.2) is 43.6 Å². The average Bonchev–Trinajstić information content (AvgIpc) is 3.00. The Balaban J connectivity index is 1.93. The van der Waals surface area contributed by atoms with Crippen molar-refractivity contribution in [1.29, 1.82) is 0 Å². The largest absolute Gasteiger partial charge is 0.497 e. The fourth-order valence-corrected chi connectivity index (χ4v) is 2.56. The number of thiazole rings is 1. The Morgan fingerprint density at radius 2 is 2.18 bits per heavy atom. The van der Waals surface area contributed by atoms with E-state index in [1.54, 1.807) is 20.4 Å². The molecule has 0 atom stereocenters. The minimum absolute atomic E-state index is 0.0927. The number of likely N-dealkylation sites (N-methyl/N-ethyl adjacent to an activating group) is 1. The fourth-order valence-electron chi connectivity index (χ4n) is 2.02. The molecule has 7 heteroatoms. The van der Waals surface area contributed by atoms with Gasteiger partial charge in [-0.15, -0.1) is 11.3 Å². The second-order valence-corrected chi connectivity index (χ2v) is 5.63. The van der Waals surface area contributed by atoms with Crippen LogP contribution in [0.15, 0.2) is 29.8 Å². The number of hydrogen-bond donors (Lipinski definition) is 1. The van der Waals surface area contributed by atoms with E-state index in [0.717, 1.165) is 17.1 Å². The van der Waals surface area contributed by atoms with Crippen molar-refractivity contribution >= 4 is 22.4 Å². The molecule has 1 aromatic carbocycles. The van der Waals surface area contributed by atoms with Crippen LogP contribution in [0.25, 0.3) is 0 Å². The first-order valence-electron chi connectivity index (χ1n) is 6.71. The molecule has 0 fully saturated rings. The Morgan fingerprint density at radius 3 is 2.82 bits per heavy atom. The molecule has 0 aliphatic rings. The summed E-state index contributed by atoms with van der Waals surface area (Å²) in [7, 11) is 5.11. The predicted octanol–water partition coefficient (Wildman–Crippen LogP) is 2.23. The van der Waals surface area contributed by atoms with Crippen molar-refractivity contribution in [3.63, 3.8) is 0 Å². The fraction of sp³-hybridized carbons (Fsp3) is 0.333. The second-order valence-electron chi connectivity index (χ2n) is 4.74. The van der Waals surface area contributed by atoms with Gasteiger partial charge in [0.25, 0.3) is 0 Å². The van der Waals surface area contributed by atoms with Gasteiger partial charge >= 0.3 is 0 Å². The van der Waals surface area contributed by atoms with Gasteiger partial charge in [0, 0.05) is 29.8 Å². The molecule has 0 spiro atoms. The van der Waals surface area contributed by atoms with E-state index in [1.165, 1.54) is 11.3 Å². The minimum atomic E-state index is -0.0927. The average molecular weight is 321 g/mol. The lowest BCUT2D eigenvalue weighted by atomic mass is 10.2. The first kappa shape index (κ1) is 16.3. The highest BCUT2D eigenvalue weighted by Crippen LogP contribution is 2.25. The summed E-state index contributed by atoms with van der Waals surface area (Å²) in [5, 5.41) is 5.19. The van der Waals surface area contributed by atoms with Crippen molar-refractivity contribution < 1.29 is 14.3 Å². The van der Waals surface area contributed by atoms with Gasteiger partial charge in [0.05, 0.1) is 20.8 Å². The van der Waals surface area contributed by atoms with Crippen molar-refractivity contribution in [3.05, 3.63) is 35.3 Å². The number of rotatable bonds is 7. The van der Waals surface area contributed by atoms with Crippen molar-refractivity contribution in [3.8, 4) is 11.5 Å². The maximum absolute atomic E-state index is 11.9. The molecule has 0 saturated heterocycles. The first-order valence-corrected chi connectivity index (χ1v) is 7.59. The zero-order valence-corrected chi connectivity index (χ0v) is 13.6. The lowest BCUT2D eigenvalue weighted by Crippen LogP contribution is -2.29. The van der Waals surface area contributed by atoms with Crippen LogP contribution in [0.2, 0.25) is 0 Å². The third-order valence-corrected chi connectivity index (χ3v) is 3.72. The quantitative estimate of drug-likeness (QED) is 0.847. The van der Waals surface area contributed by atoms with Crippen molar-refractivity contribution in [1.82, 2.24) is 9.88 Å². The Labute approximate surface area is 133 Å². The topological polar surface area (TPSA) is 63.7 Å². The zero-order chi connectivity index (χ0) is 15.9. The predicted molar refractivity (Wildman–Crippen MR) is 86.6 cm³/mol. The van der Waals surface area contributed by atoms with E-state index in [1.807, 2.05) is 35.5 Å². The normalized spacial score (nSPS) is 10.5. The smallest absolute Gasteiger partial charge is 0.240 e. The van der Waals surface area contributed by atoms with Crippen molar-refractivity contribution in [2.75, 3.05) is 33.1 Å². The van der Waals surface area contributed by atoms with E-state index < -0.39 is 0 Å². The zero-order valence-electron chi connectivity index (χ0n) is 12.8. The summed E-state index contributed by atoms with van der Waals surface area (Å²) in [5.41, 5.74) is 0.993. The number of ether oxygens (including phenoxy) is 2. The second kappa shape index (κ2) is 7.77. The Kier molecular flexibility index (Phi) is 5.74. The molecule has 0 aliphatic carbocycles. The molecule has 1 heterocycles. The van der Waals surface area contributed by atoms with Crippen LogP contribution in [0, 0.1) is 0 Å². The van der Waals surface area contributed by atoms with Crippen LogP contribution in [-0.2, 0) is 11.3 Å². The molecule has 0 aliphatic heterocycles. The Hall–Kier alpha value is -2.12. The maximum Gasteiger partial charge on any atom is 0.240 e. The van der Waals surface area contributed by atoms with Gasteiger partial charge in [-0.2, -0.15) is 0 Å². The molecule has 1 aromatic heterocycles. The first-order chi connectivity index (χ1) is 10.6. The van der Waals surface area contributed by atoms with Gasteiger partial charge in [0.1, 0.15) is 11.5 Å². The standard InChI is InChI=1S/C15H19N3O3S/c1-18(10-14(19)17-15-16-6-7-22-15)9-11-4-5-12(20-2)8-13(11)21-3/h4-8H,9-10H2,1-3H3,(H,16,17,19). The summed E-state index contributed by atoms with van der Waals surface area (Å²) in [6.07, 6.45) is 1.66. The number of amides is 1. The van der Waals surface area contributed by atoms with Crippen LogP contribution >= 0.6 is 11.3 Å². The number of aromatic nitrogens is 1. The highest BCUT2D eigenvalue weighted by molar-refractivity contribution is 7.13. The molecule has 1 N–H and O–H groups in total. The summed E-state index contributed by atoms with van der Waals surface area (Å²) in [4.78, 5) is 17.9. The molecule has 2 rings (SSSR count). The van der Waals surface area contributed by atoms with E-state index in [0.29, 0.717) is 11.7 Å². The number of hydrogen-bond acceptors (Lipinski definition) is 6. The van der Waals surface area contributed by atoms with Crippen molar-refractivity contribution in [2.45, 2.75) is 6.54 Å². The number of nitrogens with zero attached hydrogens (tertiary/aromatic N) is 2. The third-order valence-electron chi connectivity index (χ3n) is 3.03. The molecule has 118 valence electrons. The molecule has 6 nitrogen and oxygen atoms in total. The number of carbonyl (C=O) groups is 1. The monoisotopic (exact) mass is 321 g/mol. The lowest BCUT2D eigenvalue weighted by molar-refractivity contribution is -0.117. The summed E-state index contributed by atoms with van der Waals surface area (Å²) in [5.74, 6) is 1.39. The van der Waals surface area contributed by atoms with Crippen LogP contribution in [0.1, 0.15) is 5.56 Å². The Morgan fingerprint density at radius 1 is 1.36 bits per heavy atom. The van der Waals surface area contributed by atoms with Crippen LogP contribution in [0.5, 0.6) is 11.5 Å². The minimum Gasteiger partial charge on any atom is -0.497 e. The highest BCUT2D eigenvalue weighted by Gasteiger charge is 2.12. The van der Waals surface area contributed by atoms with Gasteiger partial charge in [-0.05, 0) is 13.1 Å². The van der Waals surface area contributed by atoms with E-state index in [4.69, 9.17) is 9.47 Å². The summed E-state index contributed by atoms with van der Waals surface area (Å²) >= 11 is 1.40. The van der Waals surface area contributed by atoms with Gasteiger partial charge in [0.2, 0.25) is 5.91 Å². The molecule has 2 aromatic rings. The van der Waals surface area contributed by atoms with E-state index in [9.17, 15) is 4.79 Å². The third kappa shape index (κ3) is 4.44. The summed E-state index contributed by atoms with van der Waals surface area (Å²) in [6, 6.07) is 5.65. The van der Waals surface area contributed by atoms with Gasteiger partial charge in [-0.25, -0.2) is 4.98 Å². The van der Waals surface area contributed by atoms with Crippen LogP contribution < -0.4 is 14.8 Å². The molecule has 0 saturated carbocycles. The lowest BCUT2D eigenvalue weighted by Gasteiger charge is -2.18. The van der Waals surface area contributed by atoms with Crippen LogP contribution in [0.4, 0.5) is 5.13 Å². The number of methoxy groups -OCH3 is 2. The number of carbonyl (C=O) groups excluding carboxylic acids is 1. The van der Waals surface area contributed by atoms with E-state index in [-0.39, 0.29) is 12.5 Å². The van der Waals surface area contributed by atoms with E-state index in [2.05, 4.69) is 10.3 Å². The molecule has 0 unspecified atom stereocenters. The summed E-state index contributed by atoms with van der Waals surface area (Å²) in [6.45, 7) is 0.868. The van der Waals surface area contributed by atoms with Gasteiger partial charge in [-0.1, -0.05) is 6.07 Å². The number of anilines is 1. The molecule has 1 amide bonds. The van der Waals surface area contributed by atoms with Crippen LogP contribution in [0.3, 0.4) is 0 Å². The van der Waals surface area contributed by atoms with Gasteiger partial charge < -0.3 is 14.8 Å². The number of nitrogens with one attached hydrogen (secondary N) is 1. The van der Waals surface area contributed by atoms with E-state index >= 15 is 0 Å². The highest BCUT2D eigenvalue weighted by atomic mass is 32.1. The van der Waals surface area contributed by atoms with Gasteiger partial charge in [-0.3, -0.25) is 9.69 Å². The van der Waals surface area contributed by atoms with Crippen molar-refractivity contribution in [2.24, 2.45) is 0 Å². The molecule has 0 radical (unpaired) electrons. The summed E-state index contributed by atoms with van der Waals surface area (Å²) < 4.78 is 10.5.